The summed E-state index contributed by atoms with van der Waals surface area (Å²) in [6.07, 6.45) is 2.65. The Hall–Kier alpha value is -2.94. The Morgan fingerprint density at radius 1 is 1.00 bits per heavy atom. The van der Waals surface area contributed by atoms with E-state index in [-0.39, 0.29) is 49.6 Å². The summed E-state index contributed by atoms with van der Waals surface area (Å²) < 4.78 is 39.3. The lowest BCUT2D eigenvalue weighted by molar-refractivity contribution is -0.141. The van der Waals surface area contributed by atoms with Gasteiger partial charge in [0.25, 0.3) is 0 Å². The summed E-state index contributed by atoms with van der Waals surface area (Å²) in [4.78, 5) is 27.8. The van der Waals surface area contributed by atoms with Gasteiger partial charge in [-0.05, 0) is 56.0 Å². The average molecular weight is 506 g/mol. The molecule has 0 heterocycles. The molecule has 0 spiro atoms. The van der Waals surface area contributed by atoms with Crippen molar-refractivity contribution in [1.29, 1.82) is 0 Å². The fourth-order valence-electron chi connectivity index (χ4n) is 3.75. The van der Waals surface area contributed by atoms with E-state index >= 15 is 0 Å². The van der Waals surface area contributed by atoms with Gasteiger partial charge in [-0.1, -0.05) is 44.2 Å². The van der Waals surface area contributed by atoms with Gasteiger partial charge in [-0.2, -0.15) is 0 Å². The van der Waals surface area contributed by atoms with Gasteiger partial charge in [-0.15, -0.1) is 0 Å². The molecule has 1 N–H and O–H groups in total. The van der Waals surface area contributed by atoms with Gasteiger partial charge in [0.1, 0.15) is 11.9 Å². The zero-order chi connectivity index (χ0) is 26.0. The third-order valence-electron chi connectivity index (χ3n) is 5.85. The number of sulfonamides is 1. The van der Waals surface area contributed by atoms with Gasteiger partial charge >= 0.3 is 0 Å². The highest BCUT2D eigenvalue weighted by Crippen LogP contribution is 2.19. The van der Waals surface area contributed by atoms with E-state index in [0.29, 0.717) is 17.7 Å². The second kappa shape index (κ2) is 13.2. The highest BCUT2D eigenvalue weighted by Gasteiger charge is 2.29. The summed E-state index contributed by atoms with van der Waals surface area (Å²) in [5, 5.41) is 2.95. The Bertz CT molecular complexity index is 1060. The number of carbonyl (C=O) groups excluding carboxylic acids is 2. The number of carbonyl (C=O) groups is 2. The van der Waals surface area contributed by atoms with Crippen molar-refractivity contribution >= 4 is 27.5 Å². The molecule has 0 saturated heterocycles. The first-order chi connectivity index (χ1) is 16.6. The maximum atomic E-state index is 13.4. The van der Waals surface area contributed by atoms with E-state index in [1.165, 1.54) is 21.3 Å². The van der Waals surface area contributed by atoms with Crippen LogP contribution in [0.2, 0.25) is 0 Å². The lowest BCUT2D eigenvalue weighted by atomic mass is 10.1. The van der Waals surface area contributed by atoms with Crippen molar-refractivity contribution in [2.75, 3.05) is 17.1 Å². The van der Waals surface area contributed by atoms with Gasteiger partial charge in [0.15, 0.2) is 0 Å². The number of hydrogen-bond acceptors (Lipinski definition) is 4. The van der Waals surface area contributed by atoms with Crippen LogP contribution in [0.3, 0.4) is 0 Å². The number of para-hydroxylation sites is 1. The molecule has 192 valence electrons. The van der Waals surface area contributed by atoms with Crippen molar-refractivity contribution in [3.8, 4) is 0 Å². The minimum atomic E-state index is -3.53. The van der Waals surface area contributed by atoms with Crippen LogP contribution in [0.5, 0.6) is 0 Å². The van der Waals surface area contributed by atoms with Crippen molar-refractivity contribution < 1.29 is 22.4 Å². The molecule has 0 aromatic heterocycles. The molecule has 9 heteroatoms. The number of hydrogen-bond donors (Lipinski definition) is 1. The number of nitrogens with zero attached hydrogens (tertiary/aromatic N) is 2. The van der Waals surface area contributed by atoms with Crippen LogP contribution in [0.15, 0.2) is 54.6 Å². The highest BCUT2D eigenvalue weighted by atomic mass is 32.2. The number of benzene rings is 2. The maximum absolute atomic E-state index is 13.4. The smallest absolute Gasteiger partial charge is 0.243 e. The van der Waals surface area contributed by atoms with Gasteiger partial charge in [0.2, 0.25) is 21.8 Å². The molecule has 2 aromatic rings. The summed E-state index contributed by atoms with van der Waals surface area (Å²) >= 11 is 0. The van der Waals surface area contributed by atoms with E-state index in [4.69, 9.17) is 0 Å². The molecule has 0 aliphatic carbocycles. The van der Waals surface area contributed by atoms with E-state index in [1.807, 2.05) is 20.8 Å². The fourth-order valence-corrected chi connectivity index (χ4v) is 4.71. The minimum absolute atomic E-state index is 0.0338. The van der Waals surface area contributed by atoms with Gasteiger partial charge in [-0.3, -0.25) is 13.9 Å². The Morgan fingerprint density at radius 3 is 2.17 bits per heavy atom. The standard InChI is InChI=1S/C26H36FN3O4S/c1-5-20(3)28-26(32)24(6-2)29(19-21-14-16-22(27)17-15-21)25(31)13-10-18-30(35(4,33)34)23-11-8-7-9-12-23/h7-9,11-12,14-17,20,24H,5-6,10,13,18-19H2,1-4H3,(H,28,32)/t20-,24-/m1/s1. The molecular weight excluding hydrogens is 469 g/mol. The van der Waals surface area contributed by atoms with Crippen LogP contribution in [0.4, 0.5) is 10.1 Å². The molecule has 0 radical (unpaired) electrons. The Labute approximate surface area is 208 Å². The number of anilines is 1. The van der Waals surface area contributed by atoms with E-state index in [9.17, 15) is 22.4 Å². The van der Waals surface area contributed by atoms with Crippen molar-refractivity contribution in [2.45, 2.75) is 65.1 Å². The lowest BCUT2D eigenvalue weighted by Gasteiger charge is -2.32. The highest BCUT2D eigenvalue weighted by molar-refractivity contribution is 7.92. The van der Waals surface area contributed by atoms with Crippen LogP contribution in [-0.2, 0) is 26.2 Å². The average Bonchev–Trinajstić information content (AvgIpc) is 2.82. The number of rotatable bonds is 13. The Balaban J connectivity index is 2.20. The van der Waals surface area contributed by atoms with E-state index < -0.39 is 16.1 Å². The van der Waals surface area contributed by atoms with Crippen molar-refractivity contribution in [3.05, 3.63) is 66.0 Å². The predicted octanol–water partition coefficient (Wildman–Crippen LogP) is 4.09. The largest absolute Gasteiger partial charge is 0.352 e. The van der Waals surface area contributed by atoms with Crippen LogP contribution in [-0.4, -0.2) is 50.0 Å². The molecule has 7 nitrogen and oxygen atoms in total. The molecule has 0 unspecified atom stereocenters. The van der Waals surface area contributed by atoms with Gasteiger partial charge in [0.05, 0.1) is 11.9 Å². The predicted molar refractivity (Wildman–Crippen MR) is 137 cm³/mol. The van der Waals surface area contributed by atoms with Crippen LogP contribution in [0.1, 0.15) is 52.0 Å². The molecule has 2 amide bonds. The first-order valence-electron chi connectivity index (χ1n) is 11.9. The third-order valence-corrected chi connectivity index (χ3v) is 7.04. The molecule has 0 bridgehead atoms. The summed E-state index contributed by atoms with van der Waals surface area (Å²) in [6, 6.07) is 13.8. The van der Waals surface area contributed by atoms with Gasteiger partial charge in [-0.25, -0.2) is 12.8 Å². The van der Waals surface area contributed by atoms with Gasteiger partial charge in [0, 0.05) is 25.6 Å². The quantitative estimate of drug-likeness (QED) is 0.444. The van der Waals surface area contributed by atoms with Crippen LogP contribution < -0.4 is 9.62 Å². The lowest BCUT2D eigenvalue weighted by Crippen LogP contribution is -2.50. The second-order valence-electron chi connectivity index (χ2n) is 8.66. The molecule has 2 atom stereocenters. The van der Waals surface area contributed by atoms with E-state index in [0.717, 1.165) is 12.7 Å². The summed E-state index contributed by atoms with van der Waals surface area (Å²) in [7, 11) is -3.53. The SMILES string of the molecule is CC[C@@H](C)NC(=O)[C@@H](CC)N(Cc1ccc(F)cc1)C(=O)CCCN(c1ccccc1)S(C)(=O)=O. The number of amides is 2. The number of halogens is 1. The first kappa shape index (κ1) is 28.3. The second-order valence-corrected chi connectivity index (χ2v) is 10.6. The zero-order valence-electron chi connectivity index (χ0n) is 20.9. The zero-order valence-corrected chi connectivity index (χ0v) is 21.7. The summed E-state index contributed by atoms with van der Waals surface area (Å²) in [6.45, 7) is 6.00. The number of nitrogens with one attached hydrogen (secondary N) is 1. The molecule has 0 aliphatic rings. The molecule has 0 aliphatic heterocycles. The Kier molecular flexibility index (Phi) is 10.7. The van der Waals surface area contributed by atoms with Crippen molar-refractivity contribution in [3.63, 3.8) is 0 Å². The molecule has 35 heavy (non-hydrogen) atoms. The monoisotopic (exact) mass is 505 g/mol. The van der Waals surface area contributed by atoms with E-state index in [2.05, 4.69) is 5.32 Å². The van der Waals surface area contributed by atoms with Gasteiger partial charge < -0.3 is 10.2 Å². The normalized spacial score (nSPS) is 13.1. The van der Waals surface area contributed by atoms with Crippen LogP contribution >= 0.6 is 0 Å². The molecule has 2 rings (SSSR count). The summed E-state index contributed by atoms with van der Waals surface area (Å²) in [5.41, 5.74) is 1.24. The van der Waals surface area contributed by atoms with Crippen molar-refractivity contribution in [1.82, 2.24) is 10.2 Å². The minimum Gasteiger partial charge on any atom is -0.352 e. The third kappa shape index (κ3) is 8.65. The van der Waals surface area contributed by atoms with Crippen molar-refractivity contribution in [2.24, 2.45) is 0 Å². The molecular formula is C26H36FN3O4S. The first-order valence-corrected chi connectivity index (χ1v) is 13.8. The Morgan fingerprint density at radius 2 is 1.63 bits per heavy atom. The summed E-state index contributed by atoms with van der Waals surface area (Å²) in [5.74, 6) is -0.878. The van der Waals surface area contributed by atoms with Crippen LogP contribution in [0, 0.1) is 5.82 Å². The molecule has 2 aromatic carbocycles. The fraction of sp³-hybridized carbons (Fsp3) is 0.462. The van der Waals surface area contributed by atoms with Crippen LogP contribution in [0.25, 0.3) is 0 Å². The topological polar surface area (TPSA) is 86.8 Å². The molecule has 0 fully saturated rings. The molecule has 0 saturated carbocycles. The van der Waals surface area contributed by atoms with E-state index in [1.54, 1.807) is 42.5 Å². The maximum Gasteiger partial charge on any atom is 0.243 e.